The molecule has 2 amide bonds. The third-order valence-corrected chi connectivity index (χ3v) is 4.75. The van der Waals surface area contributed by atoms with Crippen molar-refractivity contribution < 1.29 is 22.8 Å². The van der Waals surface area contributed by atoms with Gasteiger partial charge in [-0.1, -0.05) is 18.2 Å². The number of amides is 2. The highest BCUT2D eigenvalue weighted by Gasteiger charge is 2.33. The smallest absolute Gasteiger partial charge is 0.356 e. The van der Waals surface area contributed by atoms with Crippen LogP contribution in [0, 0.1) is 5.92 Å². The number of hydrogen-bond donors (Lipinski definition) is 2. The van der Waals surface area contributed by atoms with E-state index in [1.165, 1.54) is 6.07 Å². The summed E-state index contributed by atoms with van der Waals surface area (Å²) in [5.41, 5.74) is -0.242. The van der Waals surface area contributed by atoms with E-state index in [9.17, 15) is 22.8 Å². The fourth-order valence-corrected chi connectivity index (χ4v) is 3.08. The van der Waals surface area contributed by atoms with Gasteiger partial charge in [0.05, 0.1) is 18.0 Å². The maximum absolute atomic E-state index is 12.9. The zero-order chi connectivity index (χ0) is 18.7. The highest BCUT2D eigenvalue weighted by atomic mass is 19.4. The van der Waals surface area contributed by atoms with Crippen LogP contribution in [0.25, 0.3) is 0 Å². The molecule has 2 aliphatic rings. The molecule has 1 aromatic rings. The molecule has 0 unspecified atom stereocenters. The molecule has 1 aromatic carbocycles. The van der Waals surface area contributed by atoms with E-state index in [1.807, 2.05) is 0 Å². The van der Waals surface area contributed by atoms with Crippen LogP contribution in [0.5, 0.6) is 0 Å². The predicted molar refractivity (Wildman–Crippen MR) is 89.0 cm³/mol. The van der Waals surface area contributed by atoms with Crippen LogP contribution in [0.1, 0.15) is 30.4 Å². The number of carbonyl (C=O) groups excluding carboxylic acids is 2. The first kappa shape index (κ1) is 18.7. The molecule has 2 N–H and O–H groups in total. The number of halogens is 3. The van der Waals surface area contributed by atoms with Gasteiger partial charge in [0.1, 0.15) is 0 Å². The Morgan fingerprint density at radius 3 is 2.77 bits per heavy atom. The Balaban J connectivity index is 1.65. The lowest BCUT2D eigenvalue weighted by Crippen LogP contribution is -2.56. The van der Waals surface area contributed by atoms with Crippen molar-refractivity contribution in [2.45, 2.75) is 38.0 Å². The molecular weight excluding hydrogens is 347 g/mol. The van der Waals surface area contributed by atoms with Crippen LogP contribution in [0.4, 0.5) is 13.2 Å². The minimum absolute atomic E-state index is 0.0114. The third-order valence-electron chi connectivity index (χ3n) is 4.75. The summed E-state index contributed by atoms with van der Waals surface area (Å²) in [6, 6.07) is 4.41. The minimum atomic E-state index is -4.41. The van der Waals surface area contributed by atoms with Crippen LogP contribution in [-0.2, 0) is 22.3 Å². The van der Waals surface area contributed by atoms with Crippen molar-refractivity contribution in [3.05, 3.63) is 35.4 Å². The maximum atomic E-state index is 12.9. The van der Waals surface area contributed by atoms with Gasteiger partial charge >= 0.3 is 6.18 Å². The normalized spacial score (nSPS) is 21.3. The first-order valence-electron chi connectivity index (χ1n) is 8.77. The first-order chi connectivity index (χ1) is 12.3. The molecule has 1 aliphatic heterocycles. The molecule has 0 radical (unpaired) electrons. The van der Waals surface area contributed by atoms with E-state index in [-0.39, 0.29) is 24.8 Å². The molecule has 1 saturated heterocycles. The van der Waals surface area contributed by atoms with E-state index < -0.39 is 17.8 Å². The molecule has 1 aliphatic carbocycles. The van der Waals surface area contributed by atoms with Gasteiger partial charge < -0.3 is 10.6 Å². The van der Waals surface area contributed by atoms with Gasteiger partial charge in [0.15, 0.2) is 0 Å². The van der Waals surface area contributed by atoms with E-state index in [4.69, 9.17) is 0 Å². The molecule has 1 heterocycles. The molecule has 5 nitrogen and oxygen atoms in total. The van der Waals surface area contributed by atoms with Gasteiger partial charge in [0, 0.05) is 26.2 Å². The number of nitrogens with one attached hydrogen (secondary N) is 2. The van der Waals surface area contributed by atoms with Gasteiger partial charge in [-0.15, -0.1) is 0 Å². The number of alkyl halides is 3. The first-order valence-corrected chi connectivity index (χ1v) is 8.77. The Labute approximate surface area is 149 Å². The molecule has 3 rings (SSSR count). The third kappa shape index (κ3) is 4.97. The van der Waals surface area contributed by atoms with Crippen LogP contribution in [-0.4, -0.2) is 42.4 Å². The second kappa shape index (κ2) is 7.65. The van der Waals surface area contributed by atoms with Crippen molar-refractivity contribution in [2.24, 2.45) is 5.92 Å². The molecule has 0 aromatic heterocycles. The fraction of sp³-hybridized carbons (Fsp3) is 0.556. The van der Waals surface area contributed by atoms with E-state index in [0.717, 1.165) is 25.0 Å². The number of piperazine rings is 1. The molecule has 26 heavy (non-hydrogen) atoms. The molecule has 1 saturated carbocycles. The Morgan fingerprint density at radius 1 is 1.31 bits per heavy atom. The summed E-state index contributed by atoms with van der Waals surface area (Å²) in [6.45, 7) is 1.72. The molecule has 8 heteroatoms. The lowest BCUT2D eigenvalue weighted by Gasteiger charge is -2.34. The Bertz CT molecular complexity index is 674. The van der Waals surface area contributed by atoms with Crippen LogP contribution in [0.3, 0.4) is 0 Å². The fourth-order valence-electron chi connectivity index (χ4n) is 3.08. The second-order valence-corrected chi connectivity index (χ2v) is 6.93. The number of carbonyl (C=O) groups is 2. The monoisotopic (exact) mass is 369 g/mol. The molecule has 0 bridgehead atoms. The zero-order valence-corrected chi connectivity index (χ0v) is 14.3. The molecule has 1 atom stereocenters. The van der Waals surface area contributed by atoms with Gasteiger partial charge in [0.2, 0.25) is 11.8 Å². The van der Waals surface area contributed by atoms with Crippen molar-refractivity contribution in [3.8, 4) is 0 Å². The summed E-state index contributed by atoms with van der Waals surface area (Å²) in [5.74, 6) is 0.0816. The predicted octanol–water partition coefficient (Wildman–Crippen LogP) is 1.92. The van der Waals surface area contributed by atoms with Crippen molar-refractivity contribution in [3.63, 3.8) is 0 Å². The lowest BCUT2D eigenvalue weighted by atomic mass is 10.0. The molecule has 2 fully saturated rings. The van der Waals surface area contributed by atoms with Crippen LogP contribution >= 0.6 is 0 Å². The summed E-state index contributed by atoms with van der Waals surface area (Å²) < 4.78 is 38.6. The van der Waals surface area contributed by atoms with Crippen LogP contribution < -0.4 is 10.6 Å². The highest BCUT2D eigenvalue weighted by molar-refractivity contribution is 5.88. The Kier molecular flexibility index (Phi) is 5.50. The molecular formula is C18H22F3N3O2. The number of rotatable bonds is 6. The summed E-state index contributed by atoms with van der Waals surface area (Å²) in [4.78, 5) is 26.1. The average Bonchev–Trinajstić information content (AvgIpc) is 3.40. The maximum Gasteiger partial charge on any atom is 0.416 e. The molecule has 0 spiro atoms. The SMILES string of the molecule is O=C(C[C@@H]1C(=O)NCCN1Cc1cccc(C(F)(F)F)c1)NCC1CC1. The van der Waals surface area contributed by atoms with Crippen molar-refractivity contribution in [2.75, 3.05) is 19.6 Å². The van der Waals surface area contributed by atoms with E-state index in [0.29, 0.717) is 31.1 Å². The van der Waals surface area contributed by atoms with Gasteiger partial charge in [-0.05, 0) is 30.4 Å². The zero-order valence-electron chi connectivity index (χ0n) is 14.3. The van der Waals surface area contributed by atoms with Gasteiger partial charge in [-0.3, -0.25) is 14.5 Å². The lowest BCUT2D eigenvalue weighted by molar-refractivity contribution is -0.137. The summed E-state index contributed by atoms with van der Waals surface area (Å²) in [7, 11) is 0. The van der Waals surface area contributed by atoms with Gasteiger partial charge in [0.25, 0.3) is 0 Å². The van der Waals surface area contributed by atoms with Gasteiger partial charge in [-0.25, -0.2) is 0 Å². The number of hydrogen-bond acceptors (Lipinski definition) is 3. The van der Waals surface area contributed by atoms with Crippen molar-refractivity contribution >= 4 is 11.8 Å². The largest absolute Gasteiger partial charge is 0.416 e. The quantitative estimate of drug-likeness (QED) is 0.806. The number of nitrogens with zero attached hydrogens (tertiary/aromatic N) is 1. The Morgan fingerprint density at radius 2 is 2.08 bits per heavy atom. The van der Waals surface area contributed by atoms with Crippen LogP contribution in [0.15, 0.2) is 24.3 Å². The number of benzene rings is 1. The Hall–Kier alpha value is -2.09. The standard InChI is InChI=1S/C18H22F3N3O2/c19-18(20,21)14-3-1-2-13(8-14)11-24-7-6-22-17(26)15(24)9-16(25)23-10-12-4-5-12/h1-3,8,12,15H,4-7,9-11H2,(H,22,26)(H,23,25)/t15-/m1/s1. The minimum Gasteiger partial charge on any atom is -0.356 e. The van der Waals surface area contributed by atoms with Crippen molar-refractivity contribution in [1.29, 1.82) is 0 Å². The van der Waals surface area contributed by atoms with E-state index in [2.05, 4.69) is 10.6 Å². The second-order valence-electron chi connectivity index (χ2n) is 6.93. The summed E-state index contributed by atoms with van der Waals surface area (Å²) >= 11 is 0. The van der Waals surface area contributed by atoms with E-state index in [1.54, 1.807) is 11.0 Å². The van der Waals surface area contributed by atoms with Crippen molar-refractivity contribution in [1.82, 2.24) is 15.5 Å². The topological polar surface area (TPSA) is 61.4 Å². The summed E-state index contributed by atoms with van der Waals surface area (Å²) in [5, 5.41) is 5.56. The van der Waals surface area contributed by atoms with Gasteiger partial charge in [-0.2, -0.15) is 13.2 Å². The molecule has 142 valence electrons. The highest BCUT2D eigenvalue weighted by Crippen LogP contribution is 2.30. The summed E-state index contributed by atoms with van der Waals surface area (Å²) in [6.07, 6.45) is -2.16. The average molecular weight is 369 g/mol. The van der Waals surface area contributed by atoms with Crippen LogP contribution in [0.2, 0.25) is 0 Å². The van der Waals surface area contributed by atoms with E-state index >= 15 is 0 Å².